The minimum atomic E-state index is -4.02. The molecule has 0 radical (unpaired) electrons. The van der Waals surface area contributed by atoms with E-state index in [4.69, 9.17) is 14.6 Å². The quantitative estimate of drug-likeness (QED) is 0.721. The van der Waals surface area contributed by atoms with Crippen molar-refractivity contribution >= 4 is 10.0 Å². The van der Waals surface area contributed by atoms with E-state index in [0.717, 1.165) is 16.4 Å². The van der Waals surface area contributed by atoms with E-state index in [9.17, 15) is 12.8 Å². The average Bonchev–Trinajstić information content (AvgIpc) is 2.47. The molecule has 0 atom stereocenters. The number of rotatable bonds is 9. The molecule has 0 amide bonds. The summed E-state index contributed by atoms with van der Waals surface area (Å²) in [5, 5.41) is 9.07. The monoisotopic (exact) mass is 321 g/mol. The molecule has 8 heteroatoms. The zero-order valence-corrected chi connectivity index (χ0v) is 12.9. The van der Waals surface area contributed by atoms with Gasteiger partial charge in [0.05, 0.1) is 19.8 Å². The van der Waals surface area contributed by atoms with Crippen LogP contribution in [0.25, 0.3) is 0 Å². The fourth-order valence-corrected chi connectivity index (χ4v) is 3.24. The fourth-order valence-electron chi connectivity index (χ4n) is 1.72. The Morgan fingerprint density at radius 1 is 1.19 bits per heavy atom. The topological polar surface area (TPSA) is 76.1 Å². The summed E-state index contributed by atoms with van der Waals surface area (Å²) < 4.78 is 49.8. The van der Waals surface area contributed by atoms with E-state index >= 15 is 0 Å². The minimum absolute atomic E-state index is 0.0883. The number of ether oxygens (including phenoxy) is 2. The van der Waals surface area contributed by atoms with Crippen LogP contribution < -0.4 is 0 Å². The van der Waals surface area contributed by atoms with Gasteiger partial charge >= 0.3 is 0 Å². The lowest BCUT2D eigenvalue weighted by Crippen LogP contribution is -2.37. The highest BCUT2D eigenvalue weighted by Crippen LogP contribution is 2.21. The van der Waals surface area contributed by atoms with Crippen molar-refractivity contribution in [3.05, 3.63) is 29.6 Å². The molecule has 0 bridgehead atoms. The molecule has 1 rings (SSSR count). The van der Waals surface area contributed by atoms with Crippen LogP contribution >= 0.6 is 0 Å². The molecule has 0 spiro atoms. The van der Waals surface area contributed by atoms with Gasteiger partial charge in [0.25, 0.3) is 0 Å². The SMILES string of the molecule is COCCN(CCOC)S(=O)(=O)c1cc(CO)ccc1F. The van der Waals surface area contributed by atoms with Gasteiger partial charge in [-0.1, -0.05) is 6.07 Å². The van der Waals surface area contributed by atoms with E-state index in [-0.39, 0.29) is 32.9 Å². The molecule has 6 nitrogen and oxygen atoms in total. The summed E-state index contributed by atoms with van der Waals surface area (Å²) in [7, 11) is -1.12. The van der Waals surface area contributed by atoms with Crippen LogP contribution in [0.4, 0.5) is 4.39 Å². The summed E-state index contributed by atoms with van der Waals surface area (Å²) in [6.45, 7) is 0.184. The van der Waals surface area contributed by atoms with Crippen molar-refractivity contribution in [3.8, 4) is 0 Å². The number of benzene rings is 1. The van der Waals surface area contributed by atoms with Crippen LogP contribution in [0, 0.1) is 5.82 Å². The van der Waals surface area contributed by atoms with Crippen molar-refractivity contribution < 1.29 is 27.4 Å². The molecule has 0 heterocycles. The molecule has 1 aromatic carbocycles. The molecule has 0 aromatic heterocycles. The maximum absolute atomic E-state index is 13.9. The maximum atomic E-state index is 13.9. The van der Waals surface area contributed by atoms with Crippen molar-refractivity contribution in [2.45, 2.75) is 11.5 Å². The summed E-state index contributed by atoms with van der Waals surface area (Å²) in [4.78, 5) is -0.457. The third-order valence-corrected chi connectivity index (χ3v) is 4.80. The maximum Gasteiger partial charge on any atom is 0.246 e. The Labute approximate surface area is 124 Å². The lowest BCUT2D eigenvalue weighted by atomic mass is 10.2. The standard InChI is InChI=1S/C13H20FNO5S/c1-19-7-5-15(6-8-20-2)21(17,18)13-9-11(10-16)3-4-12(13)14/h3-4,9,16H,5-8,10H2,1-2H3. The molecule has 0 aliphatic heterocycles. The zero-order valence-electron chi connectivity index (χ0n) is 12.1. The first-order valence-electron chi connectivity index (χ1n) is 6.34. The third kappa shape index (κ3) is 4.72. The van der Waals surface area contributed by atoms with Crippen LogP contribution in [0.1, 0.15) is 5.56 Å². The van der Waals surface area contributed by atoms with Crippen LogP contribution in [0.5, 0.6) is 0 Å². The van der Waals surface area contributed by atoms with Crippen molar-refractivity contribution in [1.29, 1.82) is 0 Å². The third-order valence-electron chi connectivity index (χ3n) is 2.89. The highest BCUT2D eigenvalue weighted by Gasteiger charge is 2.27. The normalized spacial score (nSPS) is 12.0. The Morgan fingerprint density at radius 3 is 2.24 bits per heavy atom. The first-order chi connectivity index (χ1) is 9.97. The first kappa shape index (κ1) is 18.0. The second kappa shape index (κ2) is 8.40. The highest BCUT2D eigenvalue weighted by atomic mass is 32.2. The number of methoxy groups -OCH3 is 2. The van der Waals surface area contributed by atoms with Gasteiger partial charge in [-0.15, -0.1) is 0 Å². The van der Waals surface area contributed by atoms with E-state index in [1.807, 2.05) is 0 Å². The Morgan fingerprint density at radius 2 is 1.76 bits per heavy atom. The molecule has 1 aromatic rings. The summed E-state index contributed by atoms with van der Waals surface area (Å²) in [5.41, 5.74) is 0.327. The molecule has 0 fully saturated rings. The Balaban J connectivity index is 3.14. The van der Waals surface area contributed by atoms with Gasteiger partial charge in [-0.2, -0.15) is 4.31 Å². The van der Waals surface area contributed by atoms with Gasteiger partial charge < -0.3 is 14.6 Å². The van der Waals surface area contributed by atoms with Gasteiger partial charge in [0.1, 0.15) is 10.7 Å². The summed E-state index contributed by atoms with van der Waals surface area (Å²) in [6, 6.07) is 3.50. The molecular formula is C13H20FNO5S. The van der Waals surface area contributed by atoms with E-state index < -0.39 is 20.7 Å². The number of hydrogen-bond donors (Lipinski definition) is 1. The predicted octanol–water partition coefficient (Wildman–Crippen LogP) is 0.601. The van der Waals surface area contributed by atoms with Gasteiger partial charge in [-0.3, -0.25) is 0 Å². The lowest BCUT2D eigenvalue weighted by molar-refractivity contribution is 0.150. The molecule has 0 aliphatic rings. The van der Waals surface area contributed by atoms with E-state index in [2.05, 4.69) is 0 Å². The molecule has 0 saturated heterocycles. The van der Waals surface area contributed by atoms with Crippen molar-refractivity contribution in [3.63, 3.8) is 0 Å². The van der Waals surface area contributed by atoms with Crippen molar-refractivity contribution in [1.82, 2.24) is 4.31 Å². The Hall–Kier alpha value is -1.06. The van der Waals surface area contributed by atoms with Crippen LogP contribution in [0.3, 0.4) is 0 Å². The van der Waals surface area contributed by atoms with Gasteiger partial charge in [0.2, 0.25) is 10.0 Å². The molecule has 120 valence electrons. The summed E-state index contributed by atoms with van der Waals surface area (Å²) >= 11 is 0. The highest BCUT2D eigenvalue weighted by molar-refractivity contribution is 7.89. The van der Waals surface area contributed by atoms with Crippen LogP contribution in [-0.2, 0) is 26.1 Å². The lowest BCUT2D eigenvalue weighted by Gasteiger charge is -2.22. The van der Waals surface area contributed by atoms with E-state index in [0.29, 0.717) is 5.56 Å². The summed E-state index contributed by atoms with van der Waals surface area (Å²) in [6.07, 6.45) is 0. The number of sulfonamides is 1. The van der Waals surface area contributed by atoms with Crippen LogP contribution in [0.2, 0.25) is 0 Å². The second-order valence-electron chi connectivity index (χ2n) is 4.31. The Kier molecular flexibility index (Phi) is 7.20. The predicted molar refractivity (Wildman–Crippen MR) is 74.8 cm³/mol. The number of halogens is 1. The number of aliphatic hydroxyl groups excluding tert-OH is 1. The van der Waals surface area contributed by atoms with Gasteiger partial charge in [0, 0.05) is 27.3 Å². The zero-order chi connectivity index (χ0) is 15.9. The fraction of sp³-hybridized carbons (Fsp3) is 0.538. The average molecular weight is 321 g/mol. The smallest absolute Gasteiger partial charge is 0.246 e. The molecule has 1 N–H and O–H groups in total. The van der Waals surface area contributed by atoms with Gasteiger partial charge in [-0.25, -0.2) is 12.8 Å². The summed E-state index contributed by atoms with van der Waals surface area (Å²) in [5.74, 6) is -0.855. The second-order valence-corrected chi connectivity index (χ2v) is 6.22. The first-order valence-corrected chi connectivity index (χ1v) is 7.78. The van der Waals surface area contributed by atoms with E-state index in [1.54, 1.807) is 0 Å². The minimum Gasteiger partial charge on any atom is -0.392 e. The molecule has 0 saturated carbocycles. The molecule has 0 unspecified atom stereocenters. The largest absolute Gasteiger partial charge is 0.392 e. The number of nitrogens with zero attached hydrogens (tertiary/aromatic N) is 1. The Bertz CT molecular complexity index is 541. The number of hydrogen-bond acceptors (Lipinski definition) is 5. The molecular weight excluding hydrogens is 301 g/mol. The number of aliphatic hydroxyl groups is 1. The van der Waals surface area contributed by atoms with Crippen molar-refractivity contribution in [2.24, 2.45) is 0 Å². The van der Waals surface area contributed by atoms with Crippen LogP contribution in [-0.4, -0.2) is 58.4 Å². The molecule has 21 heavy (non-hydrogen) atoms. The van der Waals surface area contributed by atoms with Gasteiger partial charge in [0.15, 0.2) is 0 Å². The van der Waals surface area contributed by atoms with E-state index in [1.165, 1.54) is 20.3 Å². The van der Waals surface area contributed by atoms with Gasteiger partial charge in [-0.05, 0) is 17.7 Å². The van der Waals surface area contributed by atoms with Crippen molar-refractivity contribution in [2.75, 3.05) is 40.5 Å². The molecule has 0 aliphatic carbocycles. The van der Waals surface area contributed by atoms with Crippen LogP contribution in [0.15, 0.2) is 23.1 Å².